The van der Waals surface area contributed by atoms with Crippen LogP contribution in [0.5, 0.6) is 11.5 Å². The zero-order valence-electron chi connectivity index (χ0n) is 10.0. The van der Waals surface area contributed by atoms with Crippen LogP contribution in [0.3, 0.4) is 0 Å². The van der Waals surface area contributed by atoms with E-state index >= 15 is 0 Å². The predicted molar refractivity (Wildman–Crippen MR) is 77.1 cm³/mol. The minimum absolute atomic E-state index is 0.565. The standard InChI is InChI=1S/C13H12BrN3O2/c14-8-5-10(15)13(16-7-8)17-9-1-2-11-12(6-9)19-4-3-18-11/h1-2,5-7H,3-4,15H2,(H,16,17). The van der Waals surface area contributed by atoms with Gasteiger partial charge in [0, 0.05) is 22.4 Å². The van der Waals surface area contributed by atoms with Gasteiger partial charge in [0.15, 0.2) is 17.3 Å². The van der Waals surface area contributed by atoms with Gasteiger partial charge < -0.3 is 20.5 Å². The smallest absolute Gasteiger partial charge is 0.163 e. The summed E-state index contributed by atoms with van der Waals surface area (Å²) in [7, 11) is 0. The molecule has 1 aliphatic heterocycles. The maximum atomic E-state index is 5.90. The van der Waals surface area contributed by atoms with E-state index in [0.29, 0.717) is 24.7 Å². The largest absolute Gasteiger partial charge is 0.486 e. The summed E-state index contributed by atoms with van der Waals surface area (Å²) in [5.74, 6) is 2.10. The molecule has 0 atom stereocenters. The van der Waals surface area contributed by atoms with Gasteiger partial charge in [-0.05, 0) is 34.1 Å². The number of ether oxygens (including phenoxy) is 2. The van der Waals surface area contributed by atoms with Crippen molar-refractivity contribution in [2.45, 2.75) is 0 Å². The molecule has 0 amide bonds. The molecule has 6 heteroatoms. The second kappa shape index (κ2) is 4.97. The fourth-order valence-corrected chi connectivity index (χ4v) is 2.17. The van der Waals surface area contributed by atoms with Gasteiger partial charge in [0.1, 0.15) is 13.2 Å². The summed E-state index contributed by atoms with van der Waals surface area (Å²) >= 11 is 3.32. The van der Waals surface area contributed by atoms with Gasteiger partial charge in [-0.2, -0.15) is 0 Å². The van der Waals surface area contributed by atoms with Crippen LogP contribution < -0.4 is 20.5 Å². The van der Waals surface area contributed by atoms with Crippen LogP contribution in [0.2, 0.25) is 0 Å². The number of hydrogen-bond donors (Lipinski definition) is 2. The molecule has 0 saturated carbocycles. The van der Waals surface area contributed by atoms with Gasteiger partial charge in [-0.15, -0.1) is 0 Å². The highest BCUT2D eigenvalue weighted by molar-refractivity contribution is 9.10. The Labute approximate surface area is 118 Å². The quantitative estimate of drug-likeness (QED) is 0.890. The first kappa shape index (κ1) is 12.1. The lowest BCUT2D eigenvalue weighted by Gasteiger charge is -2.19. The third-order valence-electron chi connectivity index (χ3n) is 2.69. The fourth-order valence-electron chi connectivity index (χ4n) is 1.82. The minimum atomic E-state index is 0.565. The van der Waals surface area contributed by atoms with Crippen LogP contribution in [0, 0.1) is 0 Å². The monoisotopic (exact) mass is 321 g/mol. The van der Waals surface area contributed by atoms with Crippen molar-refractivity contribution in [2.24, 2.45) is 0 Å². The second-order valence-corrected chi connectivity index (χ2v) is 4.99. The van der Waals surface area contributed by atoms with Crippen LogP contribution in [0.25, 0.3) is 0 Å². The van der Waals surface area contributed by atoms with Crippen molar-refractivity contribution in [3.05, 3.63) is 34.9 Å². The van der Waals surface area contributed by atoms with Gasteiger partial charge in [0.05, 0.1) is 5.69 Å². The highest BCUT2D eigenvalue weighted by Crippen LogP contribution is 2.34. The summed E-state index contributed by atoms with van der Waals surface area (Å²) in [6.07, 6.45) is 1.69. The number of anilines is 3. The molecule has 1 aliphatic rings. The normalized spacial score (nSPS) is 13.1. The SMILES string of the molecule is Nc1cc(Br)cnc1Nc1ccc2c(c1)OCCO2. The Morgan fingerprint density at radius 1 is 1.16 bits per heavy atom. The van der Waals surface area contributed by atoms with E-state index in [1.54, 1.807) is 12.3 Å². The molecular weight excluding hydrogens is 310 g/mol. The third-order valence-corrected chi connectivity index (χ3v) is 3.12. The highest BCUT2D eigenvalue weighted by atomic mass is 79.9. The maximum absolute atomic E-state index is 5.90. The highest BCUT2D eigenvalue weighted by Gasteiger charge is 2.12. The molecule has 3 rings (SSSR count). The molecule has 98 valence electrons. The molecule has 19 heavy (non-hydrogen) atoms. The molecule has 1 aromatic carbocycles. The molecule has 0 radical (unpaired) electrons. The second-order valence-electron chi connectivity index (χ2n) is 4.07. The molecule has 0 bridgehead atoms. The van der Waals surface area contributed by atoms with E-state index < -0.39 is 0 Å². The van der Waals surface area contributed by atoms with Gasteiger partial charge in [0.2, 0.25) is 0 Å². The Kier molecular flexibility index (Phi) is 3.16. The first-order valence-corrected chi connectivity index (χ1v) is 6.59. The fraction of sp³-hybridized carbons (Fsp3) is 0.154. The first-order valence-electron chi connectivity index (χ1n) is 5.80. The number of aromatic nitrogens is 1. The van der Waals surface area contributed by atoms with Gasteiger partial charge in [-0.1, -0.05) is 0 Å². The summed E-state index contributed by atoms with van der Waals surface area (Å²) in [4.78, 5) is 4.23. The topological polar surface area (TPSA) is 69.4 Å². The van der Waals surface area contributed by atoms with Crippen LogP contribution >= 0.6 is 15.9 Å². The first-order chi connectivity index (χ1) is 9.22. The number of nitrogens with two attached hydrogens (primary N) is 1. The van der Waals surface area contributed by atoms with Crippen molar-refractivity contribution in [1.29, 1.82) is 0 Å². The number of pyridine rings is 1. The zero-order chi connectivity index (χ0) is 13.2. The summed E-state index contributed by atoms with van der Waals surface area (Å²) < 4.78 is 11.8. The van der Waals surface area contributed by atoms with E-state index in [2.05, 4.69) is 26.2 Å². The van der Waals surface area contributed by atoms with Gasteiger partial charge in [-0.3, -0.25) is 0 Å². The molecule has 0 fully saturated rings. The molecule has 0 aliphatic carbocycles. The van der Waals surface area contributed by atoms with Crippen LogP contribution in [-0.4, -0.2) is 18.2 Å². The molecule has 3 N–H and O–H groups in total. The van der Waals surface area contributed by atoms with Crippen molar-refractivity contribution in [3.8, 4) is 11.5 Å². The Balaban J connectivity index is 1.87. The van der Waals surface area contributed by atoms with E-state index in [9.17, 15) is 0 Å². The Morgan fingerprint density at radius 3 is 2.74 bits per heavy atom. The number of rotatable bonds is 2. The summed E-state index contributed by atoms with van der Waals surface area (Å²) in [5.41, 5.74) is 7.32. The van der Waals surface area contributed by atoms with Crippen molar-refractivity contribution >= 4 is 33.1 Å². The van der Waals surface area contributed by atoms with Gasteiger partial charge in [0.25, 0.3) is 0 Å². The average molecular weight is 322 g/mol. The van der Waals surface area contributed by atoms with Crippen LogP contribution in [0.1, 0.15) is 0 Å². The van der Waals surface area contributed by atoms with E-state index in [1.807, 2.05) is 18.2 Å². The van der Waals surface area contributed by atoms with Crippen molar-refractivity contribution in [2.75, 3.05) is 24.3 Å². The van der Waals surface area contributed by atoms with Gasteiger partial charge >= 0.3 is 0 Å². The average Bonchev–Trinajstić information content (AvgIpc) is 2.42. The molecule has 1 aromatic heterocycles. The number of nitrogen functional groups attached to an aromatic ring is 1. The minimum Gasteiger partial charge on any atom is -0.486 e. The van der Waals surface area contributed by atoms with E-state index in [4.69, 9.17) is 15.2 Å². The number of nitrogens with zero attached hydrogens (tertiary/aromatic N) is 1. The van der Waals surface area contributed by atoms with Crippen molar-refractivity contribution in [1.82, 2.24) is 4.98 Å². The van der Waals surface area contributed by atoms with E-state index in [1.165, 1.54) is 0 Å². The van der Waals surface area contributed by atoms with E-state index in [-0.39, 0.29) is 0 Å². The summed E-state index contributed by atoms with van der Waals surface area (Å²) in [6, 6.07) is 7.44. The van der Waals surface area contributed by atoms with Crippen LogP contribution in [0.15, 0.2) is 34.9 Å². The molecule has 5 nitrogen and oxygen atoms in total. The third kappa shape index (κ3) is 2.58. The Hall–Kier alpha value is -1.95. The summed E-state index contributed by atoms with van der Waals surface area (Å²) in [5, 5.41) is 3.16. The maximum Gasteiger partial charge on any atom is 0.163 e. The molecule has 2 heterocycles. The Bertz CT molecular complexity index is 619. The van der Waals surface area contributed by atoms with Crippen molar-refractivity contribution < 1.29 is 9.47 Å². The lowest BCUT2D eigenvalue weighted by Crippen LogP contribution is -2.15. The predicted octanol–water partition coefficient (Wildman–Crippen LogP) is 2.94. The zero-order valence-corrected chi connectivity index (χ0v) is 11.6. The molecule has 0 unspecified atom stereocenters. The van der Waals surface area contributed by atoms with Crippen molar-refractivity contribution in [3.63, 3.8) is 0 Å². The molecule has 2 aromatic rings. The number of fused-ring (bicyclic) bond motifs is 1. The number of benzene rings is 1. The number of hydrogen-bond acceptors (Lipinski definition) is 5. The Morgan fingerprint density at radius 2 is 1.95 bits per heavy atom. The lowest BCUT2D eigenvalue weighted by atomic mass is 10.2. The van der Waals surface area contributed by atoms with Gasteiger partial charge in [-0.25, -0.2) is 4.98 Å². The molecule has 0 saturated heterocycles. The summed E-state index contributed by atoms with van der Waals surface area (Å²) in [6.45, 7) is 1.15. The number of halogens is 1. The number of nitrogens with one attached hydrogen (secondary N) is 1. The van der Waals surface area contributed by atoms with Crippen LogP contribution in [-0.2, 0) is 0 Å². The molecular formula is C13H12BrN3O2. The van der Waals surface area contributed by atoms with Crippen LogP contribution in [0.4, 0.5) is 17.2 Å². The lowest BCUT2D eigenvalue weighted by molar-refractivity contribution is 0.171. The molecule has 0 spiro atoms. The van der Waals surface area contributed by atoms with E-state index in [0.717, 1.165) is 21.7 Å².